The minimum absolute atomic E-state index is 0.258. The monoisotopic (exact) mass is 541 g/mol. The highest BCUT2D eigenvalue weighted by Gasteiger charge is 2.26. The molecule has 0 saturated carbocycles. The van der Waals surface area contributed by atoms with Gasteiger partial charge in [0.05, 0.1) is 5.92 Å². The number of ether oxygens (including phenoxy) is 4. The van der Waals surface area contributed by atoms with Gasteiger partial charge in [0, 0.05) is 26.6 Å². The zero-order valence-electron chi connectivity index (χ0n) is 24.5. The fourth-order valence-corrected chi connectivity index (χ4v) is 3.79. The molecule has 0 saturated heterocycles. The van der Waals surface area contributed by atoms with Crippen LogP contribution in [0.3, 0.4) is 0 Å². The summed E-state index contributed by atoms with van der Waals surface area (Å²) in [5.74, 6) is -0.0127. The Balaban J connectivity index is 2.05. The number of hydrogen-bond acceptors (Lipinski definition) is 7. The molecule has 8 heteroatoms. The van der Waals surface area contributed by atoms with Crippen LogP contribution in [-0.4, -0.2) is 47.7 Å². The van der Waals surface area contributed by atoms with Crippen LogP contribution in [0.15, 0.2) is 48.5 Å². The smallest absolute Gasteiger partial charge is 0.410 e. The lowest BCUT2D eigenvalue weighted by Crippen LogP contribution is -2.35. The summed E-state index contributed by atoms with van der Waals surface area (Å²) < 4.78 is 22.2. The van der Waals surface area contributed by atoms with Crippen molar-refractivity contribution in [1.29, 1.82) is 0 Å². The van der Waals surface area contributed by atoms with Crippen LogP contribution in [-0.2, 0) is 32.1 Å². The number of hydrogen-bond donors (Lipinski definition) is 0. The molecule has 0 fully saturated rings. The van der Waals surface area contributed by atoms with E-state index in [1.165, 1.54) is 11.8 Å². The van der Waals surface area contributed by atoms with Gasteiger partial charge >= 0.3 is 18.0 Å². The lowest BCUT2D eigenvalue weighted by atomic mass is 9.93. The fraction of sp³-hybridized carbons (Fsp3) is 0.516. The van der Waals surface area contributed by atoms with Crippen LogP contribution in [0.1, 0.15) is 72.4 Å². The molecule has 0 aromatic heterocycles. The van der Waals surface area contributed by atoms with Crippen molar-refractivity contribution in [3.63, 3.8) is 0 Å². The van der Waals surface area contributed by atoms with Gasteiger partial charge in [-0.2, -0.15) is 0 Å². The first-order valence-corrected chi connectivity index (χ1v) is 13.3. The molecular formula is C31H43NO7. The van der Waals surface area contributed by atoms with Crippen LogP contribution >= 0.6 is 0 Å². The molecule has 0 aliphatic heterocycles. The largest absolute Gasteiger partial charge is 0.489 e. The van der Waals surface area contributed by atoms with Gasteiger partial charge in [0.1, 0.15) is 29.3 Å². The number of carbonyl (C=O) groups excluding carboxylic acids is 3. The Morgan fingerprint density at radius 2 is 1.46 bits per heavy atom. The average Bonchev–Trinajstić information content (AvgIpc) is 2.80. The second kappa shape index (κ2) is 14.0. The highest BCUT2D eigenvalue weighted by Crippen LogP contribution is 2.23. The second-order valence-electron chi connectivity index (χ2n) is 11.7. The average molecular weight is 542 g/mol. The molecule has 0 aliphatic rings. The van der Waals surface area contributed by atoms with Crippen molar-refractivity contribution in [3.05, 3.63) is 59.7 Å². The molecule has 2 aromatic rings. The van der Waals surface area contributed by atoms with Crippen LogP contribution in [0.2, 0.25) is 0 Å². The minimum atomic E-state index is -0.598. The van der Waals surface area contributed by atoms with E-state index < -0.39 is 17.2 Å². The lowest BCUT2D eigenvalue weighted by Gasteiger charge is -2.26. The Bertz CT molecular complexity index is 1110. The van der Waals surface area contributed by atoms with Crippen molar-refractivity contribution < 1.29 is 33.3 Å². The molecule has 0 spiro atoms. The number of rotatable bonds is 11. The van der Waals surface area contributed by atoms with Crippen molar-refractivity contribution in [2.45, 2.75) is 85.5 Å². The third-order valence-electron chi connectivity index (χ3n) is 5.44. The molecule has 2 rings (SSSR count). The second-order valence-corrected chi connectivity index (χ2v) is 11.7. The maximum atomic E-state index is 13.1. The maximum absolute atomic E-state index is 13.1. The van der Waals surface area contributed by atoms with E-state index in [0.29, 0.717) is 43.9 Å². The molecule has 0 radical (unpaired) electrons. The third-order valence-corrected chi connectivity index (χ3v) is 5.44. The summed E-state index contributed by atoms with van der Waals surface area (Å²) >= 11 is 0. The van der Waals surface area contributed by atoms with E-state index >= 15 is 0 Å². The summed E-state index contributed by atoms with van der Waals surface area (Å²) in [6.45, 7) is 13.2. The highest BCUT2D eigenvalue weighted by atomic mass is 16.6. The number of carbonyl (C=O) groups is 3. The van der Waals surface area contributed by atoms with E-state index in [2.05, 4.69) is 0 Å². The Morgan fingerprint density at radius 3 is 2.10 bits per heavy atom. The van der Waals surface area contributed by atoms with Gasteiger partial charge in [-0.1, -0.05) is 30.3 Å². The van der Waals surface area contributed by atoms with Gasteiger partial charge in [0.25, 0.3) is 0 Å². The molecule has 2 aromatic carbocycles. The number of nitrogens with zero attached hydrogens (tertiary/aromatic N) is 1. The molecule has 214 valence electrons. The van der Waals surface area contributed by atoms with Crippen molar-refractivity contribution >= 4 is 18.0 Å². The van der Waals surface area contributed by atoms with Crippen LogP contribution in [0, 0.1) is 5.92 Å². The minimum Gasteiger partial charge on any atom is -0.489 e. The highest BCUT2D eigenvalue weighted by molar-refractivity contribution is 5.73. The summed E-state index contributed by atoms with van der Waals surface area (Å²) in [5.41, 5.74) is 0.766. The predicted molar refractivity (Wildman–Crippen MR) is 150 cm³/mol. The van der Waals surface area contributed by atoms with Gasteiger partial charge in [0.2, 0.25) is 0 Å². The summed E-state index contributed by atoms with van der Waals surface area (Å²) in [5, 5.41) is 0. The molecular weight excluding hydrogens is 498 g/mol. The Kier molecular flexibility index (Phi) is 11.4. The fourth-order valence-electron chi connectivity index (χ4n) is 3.79. The van der Waals surface area contributed by atoms with E-state index in [4.69, 9.17) is 18.9 Å². The topological polar surface area (TPSA) is 91.4 Å². The molecule has 0 aliphatic carbocycles. The summed E-state index contributed by atoms with van der Waals surface area (Å²) in [7, 11) is 1.70. The van der Waals surface area contributed by atoms with Gasteiger partial charge in [-0.3, -0.25) is 9.59 Å². The predicted octanol–water partition coefficient (Wildman–Crippen LogP) is 6.34. The molecule has 0 bridgehead atoms. The van der Waals surface area contributed by atoms with Gasteiger partial charge in [0.15, 0.2) is 0 Å². The number of benzene rings is 2. The van der Waals surface area contributed by atoms with Gasteiger partial charge < -0.3 is 23.8 Å². The van der Waals surface area contributed by atoms with Crippen molar-refractivity contribution in [2.75, 3.05) is 13.6 Å². The van der Waals surface area contributed by atoms with Gasteiger partial charge in [-0.05, 0) is 84.1 Å². The normalized spacial score (nSPS) is 12.3. The van der Waals surface area contributed by atoms with Crippen LogP contribution in [0.4, 0.5) is 4.79 Å². The molecule has 0 unspecified atom stereocenters. The zero-order chi connectivity index (χ0) is 29.2. The zero-order valence-corrected chi connectivity index (χ0v) is 24.5. The van der Waals surface area contributed by atoms with E-state index in [-0.39, 0.29) is 18.0 Å². The van der Waals surface area contributed by atoms with Gasteiger partial charge in [-0.15, -0.1) is 0 Å². The van der Waals surface area contributed by atoms with Gasteiger partial charge in [-0.25, -0.2) is 4.79 Å². The molecule has 1 amide bonds. The molecule has 0 N–H and O–H groups in total. The van der Waals surface area contributed by atoms with E-state index in [0.717, 1.165) is 11.1 Å². The van der Waals surface area contributed by atoms with Crippen LogP contribution in [0.5, 0.6) is 11.5 Å². The lowest BCUT2D eigenvalue weighted by molar-refractivity contribution is -0.160. The van der Waals surface area contributed by atoms with E-state index in [1.807, 2.05) is 65.8 Å². The molecule has 39 heavy (non-hydrogen) atoms. The third kappa shape index (κ3) is 12.7. The summed E-state index contributed by atoms with van der Waals surface area (Å²) in [4.78, 5) is 38.1. The molecule has 1 atom stereocenters. The Hall–Kier alpha value is -3.55. The number of amides is 1. The van der Waals surface area contributed by atoms with Crippen molar-refractivity contribution in [2.24, 2.45) is 5.92 Å². The molecule has 0 heterocycles. The Morgan fingerprint density at radius 1 is 0.846 bits per heavy atom. The first-order chi connectivity index (χ1) is 18.1. The summed E-state index contributed by atoms with van der Waals surface area (Å²) in [6.07, 6.45) is 1.30. The van der Waals surface area contributed by atoms with Crippen molar-refractivity contribution in [1.82, 2.24) is 4.90 Å². The molecule has 8 nitrogen and oxygen atoms in total. The van der Waals surface area contributed by atoms with E-state index in [9.17, 15) is 14.4 Å². The van der Waals surface area contributed by atoms with E-state index in [1.54, 1.807) is 31.3 Å². The van der Waals surface area contributed by atoms with Crippen molar-refractivity contribution in [3.8, 4) is 11.5 Å². The maximum Gasteiger partial charge on any atom is 0.410 e. The SMILES string of the molecule is CC(=O)Oc1cccc(OCc2cccc(C[C@@H](CCCN(C)C(=O)OC(C)(C)C)C(=O)OC(C)(C)C)c2)c1. The number of esters is 2. The summed E-state index contributed by atoms with van der Waals surface area (Å²) in [6, 6.07) is 14.8. The first kappa shape index (κ1) is 31.7. The van der Waals surface area contributed by atoms with Crippen LogP contribution in [0.25, 0.3) is 0 Å². The van der Waals surface area contributed by atoms with Crippen LogP contribution < -0.4 is 9.47 Å². The standard InChI is InChI=1S/C31H43NO7/c1-22(33)37-27-16-10-15-26(20-27)36-21-24-13-9-12-23(18-24)19-25(28(34)38-30(2,3)4)14-11-17-32(8)29(35)39-31(5,6)7/h9-10,12-13,15-16,18,20,25H,11,14,17,19,21H2,1-8H3/t25-/m1/s1. The quantitative estimate of drug-likeness (QED) is 0.242. The first-order valence-electron chi connectivity index (χ1n) is 13.3. The Labute approximate surface area is 232 Å².